The van der Waals surface area contributed by atoms with E-state index in [1.807, 2.05) is 23.1 Å². The van der Waals surface area contributed by atoms with E-state index >= 15 is 0 Å². The number of thiophene rings is 1. The summed E-state index contributed by atoms with van der Waals surface area (Å²) in [5.41, 5.74) is 2.37. The summed E-state index contributed by atoms with van der Waals surface area (Å²) >= 11 is 1.72. The van der Waals surface area contributed by atoms with E-state index in [0.717, 1.165) is 36.6 Å². The first-order valence-corrected chi connectivity index (χ1v) is 11.9. The highest BCUT2D eigenvalue weighted by Crippen LogP contribution is 2.28. The molecule has 1 saturated heterocycles. The van der Waals surface area contributed by atoms with Crippen molar-refractivity contribution in [3.05, 3.63) is 45.6 Å². The van der Waals surface area contributed by atoms with E-state index in [2.05, 4.69) is 28.6 Å². The number of likely N-dealkylation sites (tertiary alicyclic amines) is 1. The standard InChI is InChI=1S/C24H35N3O3S/c1-19-9-15-31-23(19)18-27(24(28)17-25-10-14-26-11-4-5-12-26)13-8-20-6-7-21(29-2)22(16-20)30-3/h6-7,9,15-16,25H,4-5,8,10-14,17-18H2,1-3H3. The van der Waals surface area contributed by atoms with Gasteiger partial charge >= 0.3 is 0 Å². The van der Waals surface area contributed by atoms with Gasteiger partial charge in [-0.2, -0.15) is 0 Å². The van der Waals surface area contributed by atoms with E-state index in [0.29, 0.717) is 19.6 Å². The molecule has 0 atom stereocenters. The van der Waals surface area contributed by atoms with Crippen LogP contribution in [0.4, 0.5) is 0 Å². The summed E-state index contributed by atoms with van der Waals surface area (Å²) in [4.78, 5) is 18.7. The van der Waals surface area contributed by atoms with Gasteiger partial charge in [-0.25, -0.2) is 0 Å². The van der Waals surface area contributed by atoms with Gasteiger partial charge in [-0.05, 0) is 74.0 Å². The first kappa shape index (κ1) is 23.6. The van der Waals surface area contributed by atoms with Crippen molar-refractivity contribution in [2.45, 2.75) is 32.7 Å². The molecular formula is C24H35N3O3S. The molecule has 1 fully saturated rings. The number of ether oxygens (including phenoxy) is 2. The van der Waals surface area contributed by atoms with Crippen molar-refractivity contribution in [2.75, 3.05) is 53.5 Å². The topological polar surface area (TPSA) is 54.0 Å². The van der Waals surface area contributed by atoms with Gasteiger partial charge in [-0.15, -0.1) is 11.3 Å². The highest BCUT2D eigenvalue weighted by atomic mass is 32.1. The summed E-state index contributed by atoms with van der Waals surface area (Å²) < 4.78 is 10.8. The summed E-state index contributed by atoms with van der Waals surface area (Å²) in [7, 11) is 3.28. The molecule has 2 aromatic rings. The number of benzene rings is 1. The fourth-order valence-electron chi connectivity index (χ4n) is 3.88. The van der Waals surface area contributed by atoms with Gasteiger partial charge in [0.15, 0.2) is 11.5 Å². The van der Waals surface area contributed by atoms with Gasteiger partial charge in [0.2, 0.25) is 5.91 Å². The molecule has 0 saturated carbocycles. The molecule has 0 aliphatic carbocycles. The lowest BCUT2D eigenvalue weighted by Crippen LogP contribution is -2.40. The predicted octanol–water partition coefficient (Wildman–Crippen LogP) is 3.33. The van der Waals surface area contributed by atoms with Crippen LogP contribution in [0.3, 0.4) is 0 Å². The van der Waals surface area contributed by atoms with Crippen LogP contribution < -0.4 is 14.8 Å². The number of hydrogen-bond donors (Lipinski definition) is 1. The summed E-state index contributed by atoms with van der Waals surface area (Å²) in [6.45, 7) is 8.05. The smallest absolute Gasteiger partial charge is 0.236 e. The molecule has 1 amide bonds. The molecule has 7 heteroatoms. The normalized spacial score (nSPS) is 14.0. The Bertz CT molecular complexity index is 833. The van der Waals surface area contributed by atoms with Crippen molar-refractivity contribution in [3.8, 4) is 11.5 Å². The third kappa shape index (κ3) is 6.95. The number of carbonyl (C=O) groups is 1. The van der Waals surface area contributed by atoms with Gasteiger partial charge in [0.25, 0.3) is 0 Å². The minimum absolute atomic E-state index is 0.148. The highest BCUT2D eigenvalue weighted by molar-refractivity contribution is 7.10. The Labute approximate surface area is 190 Å². The van der Waals surface area contributed by atoms with Crippen LogP contribution in [0.1, 0.15) is 28.8 Å². The van der Waals surface area contributed by atoms with E-state index in [4.69, 9.17) is 9.47 Å². The Kier molecular flexibility index (Phi) is 9.18. The summed E-state index contributed by atoms with van der Waals surface area (Å²) in [6, 6.07) is 8.07. The van der Waals surface area contributed by atoms with Gasteiger partial charge in [0.1, 0.15) is 0 Å². The van der Waals surface area contributed by atoms with Gasteiger partial charge in [-0.1, -0.05) is 6.07 Å². The van der Waals surface area contributed by atoms with Crippen LogP contribution in [-0.2, 0) is 17.8 Å². The minimum Gasteiger partial charge on any atom is -0.493 e. The number of amides is 1. The van der Waals surface area contributed by atoms with Gasteiger partial charge in [0, 0.05) is 24.5 Å². The maximum Gasteiger partial charge on any atom is 0.236 e. The van der Waals surface area contributed by atoms with Crippen molar-refractivity contribution in [1.82, 2.24) is 15.1 Å². The molecule has 0 spiro atoms. The van der Waals surface area contributed by atoms with Crippen molar-refractivity contribution in [2.24, 2.45) is 0 Å². The van der Waals surface area contributed by atoms with E-state index in [-0.39, 0.29) is 5.91 Å². The molecule has 1 aromatic carbocycles. The molecule has 1 aliphatic rings. The van der Waals surface area contributed by atoms with Crippen molar-refractivity contribution < 1.29 is 14.3 Å². The molecule has 1 N–H and O–H groups in total. The van der Waals surface area contributed by atoms with Crippen molar-refractivity contribution in [3.63, 3.8) is 0 Å². The van der Waals surface area contributed by atoms with Crippen LogP contribution in [0.25, 0.3) is 0 Å². The Hall–Kier alpha value is -2.09. The molecular weight excluding hydrogens is 410 g/mol. The van der Waals surface area contributed by atoms with Gasteiger partial charge in [-0.3, -0.25) is 4.79 Å². The van der Waals surface area contributed by atoms with Gasteiger partial charge in [0.05, 0.1) is 27.3 Å². The molecule has 1 aromatic heterocycles. The van der Waals surface area contributed by atoms with Crippen molar-refractivity contribution >= 4 is 17.2 Å². The van der Waals surface area contributed by atoms with Crippen LogP contribution in [0.2, 0.25) is 0 Å². The van der Waals surface area contributed by atoms with Crippen molar-refractivity contribution in [1.29, 1.82) is 0 Å². The lowest BCUT2D eigenvalue weighted by Gasteiger charge is -2.24. The molecule has 0 bridgehead atoms. The number of nitrogens with one attached hydrogen (secondary N) is 1. The second-order valence-electron chi connectivity index (χ2n) is 8.01. The Morgan fingerprint density at radius 3 is 2.61 bits per heavy atom. The number of carbonyl (C=O) groups excluding carboxylic acids is 1. The lowest BCUT2D eigenvalue weighted by molar-refractivity contribution is -0.130. The Morgan fingerprint density at radius 1 is 1.16 bits per heavy atom. The predicted molar refractivity (Wildman–Crippen MR) is 126 cm³/mol. The first-order chi connectivity index (χ1) is 15.1. The lowest BCUT2D eigenvalue weighted by atomic mass is 10.1. The van der Waals surface area contributed by atoms with Crippen LogP contribution in [0.5, 0.6) is 11.5 Å². The molecule has 6 nitrogen and oxygen atoms in total. The molecule has 2 heterocycles. The average Bonchev–Trinajstić information content (AvgIpc) is 3.45. The molecule has 3 rings (SSSR count). The van der Waals surface area contributed by atoms with Gasteiger partial charge < -0.3 is 24.6 Å². The number of aryl methyl sites for hydroxylation is 1. The fraction of sp³-hybridized carbons (Fsp3) is 0.542. The molecule has 1 aliphatic heterocycles. The number of methoxy groups -OCH3 is 2. The number of rotatable bonds is 12. The van der Waals surface area contributed by atoms with Crippen LogP contribution in [-0.4, -0.2) is 69.2 Å². The molecule has 170 valence electrons. The third-order valence-electron chi connectivity index (χ3n) is 5.85. The Morgan fingerprint density at radius 2 is 1.94 bits per heavy atom. The quantitative estimate of drug-likeness (QED) is 0.508. The summed E-state index contributed by atoms with van der Waals surface area (Å²) in [5, 5.41) is 5.45. The fourth-order valence-corrected chi connectivity index (χ4v) is 4.80. The minimum atomic E-state index is 0.148. The monoisotopic (exact) mass is 445 g/mol. The molecule has 0 unspecified atom stereocenters. The molecule has 0 radical (unpaired) electrons. The zero-order valence-corrected chi connectivity index (χ0v) is 19.8. The largest absolute Gasteiger partial charge is 0.493 e. The van der Waals surface area contributed by atoms with E-state index in [1.54, 1.807) is 25.6 Å². The number of nitrogens with zero attached hydrogens (tertiary/aromatic N) is 2. The summed E-state index contributed by atoms with van der Waals surface area (Å²) in [6.07, 6.45) is 3.36. The highest BCUT2D eigenvalue weighted by Gasteiger charge is 2.17. The Balaban J connectivity index is 1.57. The van der Waals surface area contributed by atoms with Crippen LogP contribution in [0, 0.1) is 6.92 Å². The third-order valence-corrected chi connectivity index (χ3v) is 6.86. The maximum atomic E-state index is 13.0. The zero-order chi connectivity index (χ0) is 22.1. The maximum absolute atomic E-state index is 13.0. The summed E-state index contributed by atoms with van der Waals surface area (Å²) in [5.74, 6) is 1.58. The second-order valence-corrected chi connectivity index (χ2v) is 9.01. The number of hydrogen-bond acceptors (Lipinski definition) is 6. The van der Waals surface area contributed by atoms with Crippen LogP contribution in [0.15, 0.2) is 29.6 Å². The average molecular weight is 446 g/mol. The van der Waals surface area contributed by atoms with E-state index in [1.165, 1.54) is 36.4 Å². The first-order valence-electron chi connectivity index (χ1n) is 11.1. The zero-order valence-electron chi connectivity index (χ0n) is 19.0. The van der Waals surface area contributed by atoms with E-state index < -0.39 is 0 Å². The SMILES string of the molecule is COc1ccc(CCN(Cc2sccc2C)C(=O)CNCCN2CCCC2)cc1OC. The second kappa shape index (κ2) is 12.1. The van der Waals surface area contributed by atoms with E-state index in [9.17, 15) is 4.79 Å². The molecule has 31 heavy (non-hydrogen) atoms. The van der Waals surface area contributed by atoms with Crippen LogP contribution >= 0.6 is 11.3 Å².